The van der Waals surface area contributed by atoms with Crippen molar-refractivity contribution in [2.24, 2.45) is 0 Å². The minimum Gasteiger partial charge on any atom is -0.452 e. The summed E-state index contributed by atoms with van der Waals surface area (Å²) in [7, 11) is 1.30. The molecule has 0 saturated heterocycles. The van der Waals surface area contributed by atoms with E-state index in [1.165, 1.54) is 18.1 Å². The molecule has 2 rings (SSSR count). The summed E-state index contributed by atoms with van der Waals surface area (Å²) in [6, 6.07) is 13.6. The first-order chi connectivity index (χ1) is 9.15. The fraction of sp³-hybridized carbons (Fsp3) is 0.133. The van der Waals surface area contributed by atoms with Crippen molar-refractivity contribution in [3.63, 3.8) is 0 Å². The van der Waals surface area contributed by atoms with Crippen LogP contribution in [0.4, 0.5) is 20.6 Å². The summed E-state index contributed by atoms with van der Waals surface area (Å²) in [5, 5.41) is 0. The second kappa shape index (κ2) is 5.52. The van der Waals surface area contributed by atoms with Crippen LogP contribution >= 0.6 is 0 Å². The molecule has 0 fully saturated rings. The van der Waals surface area contributed by atoms with Crippen LogP contribution in [-0.2, 0) is 4.74 Å². The third-order valence-electron chi connectivity index (χ3n) is 2.85. The van der Waals surface area contributed by atoms with Gasteiger partial charge in [-0.3, -0.25) is 0 Å². The Morgan fingerprint density at radius 2 is 1.79 bits per heavy atom. The van der Waals surface area contributed by atoms with E-state index in [4.69, 9.17) is 4.74 Å². The molecule has 0 unspecified atom stereocenters. The molecule has 0 aliphatic heterocycles. The van der Waals surface area contributed by atoms with E-state index < -0.39 is 6.09 Å². The molecule has 0 aromatic heterocycles. The van der Waals surface area contributed by atoms with Crippen LogP contribution in [0.2, 0.25) is 0 Å². The van der Waals surface area contributed by atoms with E-state index >= 15 is 0 Å². The Bertz CT molecular complexity index is 584. The molecular weight excluding hydrogens is 245 g/mol. The number of amides is 1. The van der Waals surface area contributed by atoms with Crippen molar-refractivity contribution in [1.82, 2.24) is 0 Å². The van der Waals surface area contributed by atoms with E-state index in [1.54, 1.807) is 43.3 Å². The molecule has 2 aromatic rings. The lowest BCUT2D eigenvalue weighted by Crippen LogP contribution is -2.26. The molecule has 0 radical (unpaired) electrons. The van der Waals surface area contributed by atoms with Gasteiger partial charge in [-0.05, 0) is 31.2 Å². The van der Waals surface area contributed by atoms with Crippen molar-refractivity contribution in [2.45, 2.75) is 6.92 Å². The van der Waals surface area contributed by atoms with E-state index in [9.17, 15) is 9.18 Å². The summed E-state index contributed by atoms with van der Waals surface area (Å²) < 4.78 is 18.4. The first kappa shape index (κ1) is 13.1. The summed E-state index contributed by atoms with van der Waals surface area (Å²) in [5.41, 5.74) is 1.50. The van der Waals surface area contributed by atoms with Gasteiger partial charge in [-0.2, -0.15) is 0 Å². The van der Waals surface area contributed by atoms with Crippen LogP contribution < -0.4 is 4.90 Å². The number of halogens is 1. The molecule has 0 N–H and O–H groups in total. The third kappa shape index (κ3) is 2.57. The molecule has 0 saturated carbocycles. The number of rotatable bonds is 2. The number of carbonyl (C=O) groups excluding carboxylic acids is 1. The molecule has 0 aliphatic carbocycles. The zero-order chi connectivity index (χ0) is 13.8. The van der Waals surface area contributed by atoms with Gasteiger partial charge in [-0.25, -0.2) is 14.1 Å². The Morgan fingerprint density at radius 1 is 1.11 bits per heavy atom. The zero-order valence-electron chi connectivity index (χ0n) is 10.8. The SMILES string of the molecule is COC(=O)N(c1ccccc1)c1cccc(F)c1C. The molecule has 2 aromatic carbocycles. The number of hydrogen-bond acceptors (Lipinski definition) is 2. The maximum Gasteiger partial charge on any atom is 0.418 e. The van der Waals surface area contributed by atoms with Gasteiger partial charge in [-0.1, -0.05) is 24.3 Å². The van der Waals surface area contributed by atoms with Gasteiger partial charge in [0.1, 0.15) is 5.82 Å². The van der Waals surface area contributed by atoms with Crippen molar-refractivity contribution in [1.29, 1.82) is 0 Å². The van der Waals surface area contributed by atoms with Gasteiger partial charge in [0, 0.05) is 5.56 Å². The lowest BCUT2D eigenvalue weighted by molar-refractivity contribution is 0.181. The maximum atomic E-state index is 13.6. The Balaban J connectivity index is 2.56. The second-order valence-corrected chi connectivity index (χ2v) is 4.02. The summed E-state index contributed by atoms with van der Waals surface area (Å²) in [4.78, 5) is 13.3. The highest BCUT2D eigenvalue weighted by Gasteiger charge is 2.21. The number of benzene rings is 2. The van der Waals surface area contributed by atoms with Crippen LogP contribution in [0.15, 0.2) is 48.5 Å². The van der Waals surface area contributed by atoms with Crippen molar-refractivity contribution in [3.05, 3.63) is 59.9 Å². The van der Waals surface area contributed by atoms with Gasteiger partial charge in [0.05, 0.1) is 18.5 Å². The summed E-state index contributed by atoms with van der Waals surface area (Å²) in [6.45, 7) is 1.63. The van der Waals surface area contributed by atoms with Gasteiger partial charge in [0.2, 0.25) is 0 Å². The Morgan fingerprint density at radius 3 is 2.42 bits per heavy atom. The zero-order valence-corrected chi connectivity index (χ0v) is 10.8. The molecule has 0 spiro atoms. The number of hydrogen-bond donors (Lipinski definition) is 0. The van der Waals surface area contributed by atoms with E-state index in [-0.39, 0.29) is 5.82 Å². The Kier molecular flexibility index (Phi) is 3.80. The summed E-state index contributed by atoms with van der Waals surface area (Å²) in [6.07, 6.45) is -0.556. The van der Waals surface area contributed by atoms with Crippen molar-refractivity contribution < 1.29 is 13.9 Å². The molecule has 19 heavy (non-hydrogen) atoms. The summed E-state index contributed by atoms with van der Waals surface area (Å²) >= 11 is 0. The van der Waals surface area contributed by atoms with Crippen LogP contribution in [0.25, 0.3) is 0 Å². The van der Waals surface area contributed by atoms with E-state index in [0.29, 0.717) is 16.9 Å². The highest BCUT2D eigenvalue weighted by Crippen LogP contribution is 2.30. The molecular formula is C15H14FNO2. The minimum absolute atomic E-state index is 0.359. The van der Waals surface area contributed by atoms with Crippen molar-refractivity contribution in [2.75, 3.05) is 12.0 Å². The number of methoxy groups -OCH3 is 1. The van der Waals surface area contributed by atoms with Gasteiger partial charge in [0.15, 0.2) is 0 Å². The van der Waals surface area contributed by atoms with Crippen LogP contribution in [0.1, 0.15) is 5.56 Å². The number of ether oxygens (including phenoxy) is 1. The van der Waals surface area contributed by atoms with Gasteiger partial charge in [0.25, 0.3) is 0 Å². The average molecular weight is 259 g/mol. The quantitative estimate of drug-likeness (QED) is 0.814. The fourth-order valence-electron chi connectivity index (χ4n) is 1.85. The topological polar surface area (TPSA) is 29.5 Å². The van der Waals surface area contributed by atoms with E-state index in [1.807, 2.05) is 6.07 Å². The molecule has 0 heterocycles. The first-order valence-electron chi connectivity index (χ1n) is 5.83. The number of anilines is 2. The molecule has 0 atom stereocenters. The lowest BCUT2D eigenvalue weighted by atomic mass is 10.1. The molecule has 0 aliphatic rings. The number of para-hydroxylation sites is 1. The van der Waals surface area contributed by atoms with Crippen LogP contribution in [0, 0.1) is 12.7 Å². The standard InChI is InChI=1S/C15H14FNO2/c1-11-13(16)9-6-10-14(11)17(15(18)19-2)12-7-4-3-5-8-12/h3-10H,1-2H3. The number of carbonyl (C=O) groups is 1. The molecule has 98 valence electrons. The van der Waals surface area contributed by atoms with Gasteiger partial charge < -0.3 is 4.74 Å². The largest absolute Gasteiger partial charge is 0.452 e. The minimum atomic E-state index is -0.556. The van der Waals surface area contributed by atoms with Crippen LogP contribution in [-0.4, -0.2) is 13.2 Å². The average Bonchev–Trinajstić information content (AvgIpc) is 2.44. The monoisotopic (exact) mass is 259 g/mol. The smallest absolute Gasteiger partial charge is 0.418 e. The predicted octanol–water partition coefficient (Wildman–Crippen LogP) is 4.04. The first-order valence-corrected chi connectivity index (χ1v) is 5.83. The lowest BCUT2D eigenvalue weighted by Gasteiger charge is -2.23. The maximum absolute atomic E-state index is 13.6. The van der Waals surface area contributed by atoms with E-state index in [2.05, 4.69) is 0 Å². The second-order valence-electron chi connectivity index (χ2n) is 4.02. The predicted molar refractivity (Wildman–Crippen MR) is 72.1 cm³/mol. The van der Waals surface area contributed by atoms with E-state index in [0.717, 1.165) is 0 Å². The molecule has 4 heteroatoms. The highest BCUT2D eigenvalue weighted by molar-refractivity contribution is 5.96. The van der Waals surface area contributed by atoms with Crippen molar-refractivity contribution >= 4 is 17.5 Å². The van der Waals surface area contributed by atoms with Crippen molar-refractivity contribution in [3.8, 4) is 0 Å². The molecule has 1 amide bonds. The highest BCUT2D eigenvalue weighted by atomic mass is 19.1. The fourth-order valence-corrected chi connectivity index (χ4v) is 1.85. The molecule has 3 nitrogen and oxygen atoms in total. The van der Waals surface area contributed by atoms with Gasteiger partial charge >= 0.3 is 6.09 Å². The number of nitrogens with zero attached hydrogens (tertiary/aromatic N) is 1. The summed E-state index contributed by atoms with van der Waals surface area (Å²) in [5.74, 6) is -0.359. The Hall–Kier alpha value is -2.36. The molecule has 0 bridgehead atoms. The normalized spacial score (nSPS) is 10.1. The third-order valence-corrected chi connectivity index (χ3v) is 2.85. The van der Waals surface area contributed by atoms with Gasteiger partial charge in [-0.15, -0.1) is 0 Å². The van der Waals surface area contributed by atoms with Crippen LogP contribution in [0.3, 0.4) is 0 Å². The van der Waals surface area contributed by atoms with Crippen LogP contribution in [0.5, 0.6) is 0 Å². The Labute approximate surface area is 111 Å².